The Labute approximate surface area is 163 Å². The normalized spacial score (nSPS) is 11.8. The van der Waals surface area contributed by atoms with Gasteiger partial charge >= 0.3 is 0 Å². The average Bonchev–Trinajstić information content (AvgIpc) is 2.74. The van der Waals surface area contributed by atoms with Gasteiger partial charge in [-0.15, -0.1) is 0 Å². The van der Waals surface area contributed by atoms with E-state index in [1.165, 1.54) is 0 Å². The standard InChI is InChI=1S/C23H19N3O2/c1-16(23(27)25-18-7-3-2-4-8-18)28-19-13-11-17(12-14-19)22-15-24-20-9-5-6-10-21(20)26-22/h2-16H,1H3,(H,25,27)/t16-/m0/s1. The summed E-state index contributed by atoms with van der Waals surface area (Å²) in [6, 6.07) is 24.6. The van der Waals surface area contributed by atoms with Crippen molar-refractivity contribution >= 4 is 22.6 Å². The van der Waals surface area contributed by atoms with Crippen molar-refractivity contribution < 1.29 is 9.53 Å². The number of fused-ring (bicyclic) bond motifs is 1. The van der Waals surface area contributed by atoms with Crippen LogP contribution >= 0.6 is 0 Å². The van der Waals surface area contributed by atoms with Gasteiger partial charge in [-0.05, 0) is 55.5 Å². The summed E-state index contributed by atoms with van der Waals surface area (Å²) >= 11 is 0. The lowest BCUT2D eigenvalue weighted by molar-refractivity contribution is -0.122. The quantitative estimate of drug-likeness (QED) is 0.554. The van der Waals surface area contributed by atoms with Gasteiger partial charge in [-0.25, -0.2) is 4.98 Å². The number of aromatic nitrogens is 2. The van der Waals surface area contributed by atoms with E-state index in [4.69, 9.17) is 4.74 Å². The molecule has 1 heterocycles. The Kier molecular flexibility index (Phi) is 4.97. The fourth-order valence-electron chi connectivity index (χ4n) is 2.82. The van der Waals surface area contributed by atoms with Gasteiger partial charge in [-0.1, -0.05) is 30.3 Å². The second kappa shape index (κ2) is 7.88. The molecular weight excluding hydrogens is 350 g/mol. The van der Waals surface area contributed by atoms with Crippen LogP contribution in [-0.4, -0.2) is 22.0 Å². The minimum Gasteiger partial charge on any atom is -0.481 e. The van der Waals surface area contributed by atoms with Crippen LogP contribution in [0.1, 0.15) is 6.92 Å². The maximum Gasteiger partial charge on any atom is 0.265 e. The first-order valence-corrected chi connectivity index (χ1v) is 9.04. The molecule has 138 valence electrons. The zero-order valence-electron chi connectivity index (χ0n) is 15.4. The predicted molar refractivity (Wildman–Crippen MR) is 110 cm³/mol. The SMILES string of the molecule is C[C@H](Oc1ccc(-c2cnc3ccccc3n2)cc1)C(=O)Nc1ccccc1. The topological polar surface area (TPSA) is 64.1 Å². The molecule has 1 aromatic heterocycles. The first kappa shape index (κ1) is 17.7. The Morgan fingerprint density at radius 1 is 0.893 bits per heavy atom. The number of carbonyl (C=O) groups is 1. The van der Waals surface area contributed by atoms with Gasteiger partial charge in [0.25, 0.3) is 5.91 Å². The van der Waals surface area contributed by atoms with E-state index in [-0.39, 0.29) is 5.91 Å². The third-order valence-electron chi connectivity index (χ3n) is 4.32. The molecule has 0 aliphatic rings. The molecule has 28 heavy (non-hydrogen) atoms. The molecule has 0 unspecified atom stereocenters. The van der Waals surface area contributed by atoms with Gasteiger partial charge in [0.2, 0.25) is 0 Å². The molecule has 5 heteroatoms. The molecule has 0 spiro atoms. The molecule has 1 amide bonds. The lowest BCUT2D eigenvalue weighted by Crippen LogP contribution is -2.30. The first-order valence-electron chi connectivity index (χ1n) is 9.04. The Hall–Kier alpha value is -3.73. The summed E-state index contributed by atoms with van der Waals surface area (Å²) in [6.45, 7) is 1.72. The zero-order chi connectivity index (χ0) is 19.3. The number of rotatable bonds is 5. The molecule has 1 atom stereocenters. The molecule has 4 aromatic rings. The Balaban J connectivity index is 1.44. The van der Waals surface area contributed by atoms with Gasteiger partial charge in [0, 0.05) is 11.3 Å². The number of ether oxygens (including phenoxy) is 1. The Morgan fingerprint density at radius 2 is 1.57 bits per heavy atom. The van der Waals surface area contributed by atoms with Gasteiger partial charge in [0.1, 0.15) is 5.75 Å². The maximum atomic E-state index is 12.3. The van der Waals surface area contributed by atoms with Crippen molar-refractivity contribution in [3.05, 3.63) is 85.1 Å². The van der Waals surface area contributed by atoms with Gasteiger partial charge in [-0.3, -0.25) is 9.78 Å². The Bertz CT molecular complexity index is 1100. The van der Waals surface area contributed by atoms with Crippen molar-refractivity contribution in [2.75, 3.05) is 5.32 Å². The van der Waals surface area contributed by atoms with E-state index in [0.717, 1.165) is 28.0 Å². The molecule has 0 bridgehead atoms. The molecule has 0 radical (unpaired) electrons. The van der Waals surface area contributed by atoms with Crippen LogP contribution < -0.4 is 10.1 Å². The number of para-hydroxylation sites is 3. The number of carbonyl (C=O) groups excluding carboxylic acids is 1. The number of amides is 1. The van der Waals surface area contributed by atoms with Crippen molar-refractivity contribution in [1.29, 1.82) is 0 Å². The van der Waals surface area contributed by atoms with Crippen LogP contribution in [0.5, 0.6) is 5.75 Å². The van der Waals surface area contributed by atoms with Gasteiger partial charge in [-0.2, -0.15) is 0 Å². The molecule has 5 nitrogen and oxygen atoms in total. The molecule has 0 aliphatic heterocycles. The Morgan fingerprint density at radius 3 is 2.32 bits per heavy atom. The summed E-state index contributed by atoms with van der Waals surface area (Å²) in [4.78, 5) is 21.4. The van der Waals surface area contributed by atoms with E-state index in [2.05, 4.69) is 15.3 Å². The van der Waals surface area contributed by atoms with Gasteiger partial charge in [0.15, 0.2) is 6.10 Å². The molecule has 1 N–H and O–H groups in total. The number of nitrogens with zero attached hydrogens (tertiary/aromatic N) is 2. The average molecular weight is 369 g/mol. The van der Waals surface area contributed by atoms with Gasteiger partial charge in [0.05, 0.1) is 22.9 Å². The third-order valence-corrected chi connectivity index (χ3v) is 4.32. The van der Waals surface area contributed by atoms with Crippen LogP contribution in [0.15, 0.2) is 85.1 Å². The molecule has 0 aliphatic carbocycles. The third kappa shape index (κ3) is 3.99. The fourth-order valence-corrected chi connectivity index (χ4v) is 2.82. The summed E-state index contributed by atoms with van der Waals surface area (Å²) in [6.07, 6.45) is 1.14. The van der Waals surface area contributed by atoms with E-state index >= 15 is 0 Å². The van der Waals surface area contributed by atoms with Crippen LogP contribution in [0.4, 0.5) is 5.69 Å². The highest BCUT2D eigenvalue weighted by molar-refractivity contribution is 5.94. The number of nitrogens with one attached hydrogen (secondary N) is 1. The van der Waals surface area contributed by atoms with E-state index < -0.39 is 6.10 Å². The van der Waals surface area contributed by atoms with Crippen LogP contribution in [0.2, 0.25) is 0 Å². The second-order valence-corrected chi connectivity index (χ2v) is 6.38. The van der Waals surface area contributed by atoms with E-state index in [1.807, 2.05) is 78.9 Å². The smallest absolute Gasteiger partial charge is 0.265 e. The predicted octanol–water partition coefficient (Wildman–Crippen LogP) is 4.70. The molecule has 3 aromatic carbocycles. The summed E-state index contributed by atoms with van der Waals surface area (Å²) in [5.41, 5.74) is 4.19. The molecule has 0 saturated carbocycles. The molecule has 0 saturated heterocycles. The van der Waals surface area contributed by atoms with Crippen LogP contribution in [-0.2, 0) is 4.79 Å². The van der Waals surface area contributed by atoms with Crippen molar-refractivity contribution in [1.82, 2.24) is 9.97 Å². The number of anilines is 1. The largest absolute Gasteiger partial charge is 0.481 e. The lowest BCUT2D eigenvalue weighted by atomic mass is 10.1. The molecular formula is C23H19N3O2. The summed E-state index contributed by atoms with van der Waals surface area (Å²) < 4.78 is 5.76. The van der Waals surface area contributed by atoms with Crippen molar-refractivity contribution in [2.24, 2.45) is 0 Å². The first-order chi connectivity index (χ1) is 13.7. The van der Waals surface area contributed by atoms with E-state index in [1.54, 1.807) is 13.1 Å². The highest BCUT2D eigenvalue weighted by Gasteiger charge is 2.15. The van der Waals surface area contributed by atoms with Crippen molar-refractivity contribution in [3.63, 3.8) is 0 Å². The number of hydrogen-bond acceptors (Lipinski definition) is 4. The zero-order valence-corrected chi connectivity index (χ0v) is 15.4. The molecule has 0 fully saturated rings. The number of benzene rings is 3. The summed E-state index contributed by atoms with van der Waals surface area (Å²) in [5, 5.41) is 2.83. The molecule has 4 rings (SSSR count). The maximum absolute atomic E-state index is 12.3. The minimum absolute atomic E-state index is 0.198. The lowest BCUT2D eigenvalue weighted by Gasteiger charge is -2.15. The van der Waals surface area contributed by atoms with Crippen molar-refractivity contribution in [2.45, 2.75) is 13.0 Å². The number of hydrogen-bond donors (Lipinski definition) is 1. The van der Waals surface area contributed by atoms with Crippen LogP contribution in [0.3, 0.4) is 0 Å². The minimum atomic E-state index is -0.619. The summed E-state index contributed by atoms with van der Waals surface area (Å²) in [5.74, 6) is 0.420. The fraction of sp³-hybridized carbons (Fsp3) is 0.0870. The van der Waals surface area contributed by atoms with E-state index in [9.17, 15) is 4.79 Å². The van der Waals surface area contributed by atoms with Crippen molar-refractivity contribution in [3.8, 4) is 17.0 Å². The van der Waals surface area contributed by atoms with E-state index in [0.29, 0.717) is 5.75 Å². The highest BCUT2D eigenvalue weighted by Crippen LogP contribution is 2.23. The second-order valence-electron chi connectivity index (χ2n) is 6.38. The van der Waals surface area contributed by atoms with Crippen LogP contribution in [0.25, 0.3) is 22.3 Å². The monoisotopic (exact) mass is 369 g/mol. The highest BCUT2D eigenvalue weighted by atomic mass is 16.5. The van der Waals surface area contributed by atoms with Crippen LogP contribution in [0, 0.1) is 0 Å². The summed E-state index contributed by atoms with van der Waals surface area (Å²) in [7, 11) is 0. The van der Waals surface area contributed by atoms with Gasteiger partial charge < -0.3 is 10.1 Å².